The highest BCUT2D eigenvalue weighted by molar-refractivity contribution is 5.67. The summed E-state index contributed by atoms with van der Waals surface area (Å²) < 4.78 is 25.3. The van der Waals surface area contributed by atoms with Gasteiger partial charge in [-0.3, -0.25) is 4.90 Å². The zero-order valence-electron chi connectivity index (χ0n) is 17.8. The molecular formula is C21H34FN3O3. The Morgan fingerprint density at radius 1 is 1.21 bits per heavy atom. The summed E-state index contributed by atoms with van der Waals surface area (Å²) in [5.74, 6) is 0.332. The van der Waals surface area contributed by atoms with Crippen LogP contribution in [0.3, 0.4) is 0 Å². The smallest absolute Gasteiger partial charge is 0.410 e. The zero-order chi connectivity index (χ0) is 20.7. The predicted molar refractivity (Wildman–Crippen MR) is 110 cm³/mol. The van der Waals surface area contributed by atoms with E-state index in [4.69, 9.17) is 9.47 Å². The van der Waals surface area contributed by atoms with Crippen LogP contribution in [-0.4, -0.2) is 74.4 Å². The quantitative estimate of drug-likeness (QED) is 0.706. The molecule has 0 spiro atoms. The number of nitrogens with zero attached hydrogens (tertiary/aromatic N) is 3. The Morgan fingerprint density at radius 2 is 1.89 bits per heavy atom. The third kappa shape index (κ3) is 6.86. The van der Waals surface area contributed by atoms with Gasteiger partial charge in [-0.05, 0) is 39.3 Å². The van der Waals surface area contributed by atoms with Crippen molar-refractivity contribution in [3.63, 3.8) is 0 Å². The highest BCUT2D eigenvalue weighted by atomic mass is 19.1. The number of amides is 1. The molecule has 6 nitrogen and oxygen atoms in total. The first-order valence-electron chi connectivity index (χ1n) is 10.0. The highest BCUT2D eigenvalue weighted by Gasteiger charge is 2.22. The van der Waals surface area contributed by atoms with Crippen molar-refractivity contribution >= 4 is 11.8 Å². The number of halogens is 1. The van der Waals surface area contributed by atoms with Gasteiger partial charge in [0.25, 0.3) is 0 Å². The van der Waals surface area contributed by atoms with Crippen molar-refractivity contribution in [3.8, 4) is 5.75 Å². The molecule has 1 aliphatic heterocycles. The van der Waals surface area contributed by atoms with Gasteiger partial charge >= 0.3 is 6.09 Å². The van der Waals surface area contributed by atoms with Crippen molar-refractivity contribution in [2.75, 3.05) is 57.8 Å². The third-order valence-corrected chi connectivity index (χ3v) is 4.56. The van der Waals surface area contributed by atoms with E-state index in [1.165, 1.54) is 6.07 Å². The second-order valence-electron chi connectivity index (χ2n) is 8.19. The van der Waals surface area contributed by atoms with Gasteiger partial charge in [-0.25, -0.2) is 9.18 Å². The van der Waals surface area contributed by atoms with E-state index >= 15 is 0 Å². The van der Waals surface area contributed by atoms with Gasteiger partial charge in [0.1, 0.15) is 17.2 Å². The van der Waals surface area contributed by atoms with Crippen molar-refractivity contribution in [1.29, 1.82) is 0 Å². The van der Waals surface area contributed by atoms with Crippen LogP contribution >= 0.6 is 0 Å². The molecule has 1 amide bonds. The van der Waals surface area contributed by atoms with Crippen LogP contribution in [0.4, 0.5) is 14.9 Å². The lowest BCUT2D eigenvalue weighted by Gasteiger charge is -2.37. The molecule has 1 heterocycles. The molecule has 1 fully saturated rings. The van der Waals surface area contributed by atoms with Gasteiger partial charge in [-0.1, -0.05) is 6.92 Å². The first kappa shape index (κ1) is 22.3. The van der Waals surface area contributed by atoms with Crippen molar-refractivity contribution in [2.24, 2.45) is 0 Å². The van der Waals surface area contributed by atoms with Crippen LogP contribution in [0.1, 0.15) is 34.1 Å². The summed E-state index contributed by atoms with van der Waals surface area (Å²) in [4.78, 5) is 18.0. The first-order valence-corrected chi connectivity index (χ1v) is 10.0. The molecule has 1 saturated heterocycles. The number of hydrogen-bond donors (Lipinski definition) is 0. The average molecular weight is 396 g/mol. The summed E-state index contributed by atoms with van der Waals surface area (Å²) in [5, 5.41) is 0. The van der Waals surface area contributed by atoms with E-state index in [0.717, 1.165) is 39.1 Å². The predicted octanol–water partition coefficient (Wildman–Crippen LogP) is 3.60. The van der Waals surface area contributed by atoms with E-state index in [0.29, 0.717) is 24.6 Å². The SMILES string of the molecule is CCCOc1ccc(N2CCN(CCN(C)C(=O)OC(C)(C)C)CC2)c(F)c1. The molecule has 7 heteroatoms. The van der Waals surface area contributed by atoms with Crippen LogP contribution in [0.25, 0.3) is 0 Å². The lowest BCUT2D eigenvalue weighted by atomic mass is 10.2. The number of rotatable bonds is 7. The summed E-state index contributed by atoms with van der Waals surface area (Å²) in [5.41, 5.74) is 0.132. The van der Waals surface area contributed by atoms with Gasteiger partial charge in [0, 0.05) is 52.4 Å². The molecule has 0 bridgehead atoms. The summed E-state index contributed by atoms with van der Waals surface area (Å²) in [7, 11) is 1.75. The Kier molecular flexibility index (Phi) is 7.92. The molecule has 1 aromatic carbocycles. The minimum atomic E-state index is -0.488. The van der Waals surface area contributed by atoms with E-state index in [2.05, 4.69) is 9.80 Å². The summed E-state index contributed by atoms with van der Waals surface area (Å²) in [6, 6.07) is 5.09. The van der Waals surface area contributed by atoms with Crippen molar-refractivity contribution in [1.82, 2.24) is 9.80 Å². The number of piperazine rings is 1. The first-order chi connectivity index (χ1) is 13.2. The van der Waals surface area contributed by atoms with E-state index in [1.54, 1.807) is 18.0 Å². The maximum Gasteiger partial charge on any atom is 0.410 e. The Morgan fingerprint density at radius 3 is 2.46 bits per heavy atom. The average Bonchev–Trinajstić information content (AvgIpc) is 2.63. The van der Waals surface area contributed by atoms with Crippen molar-refractivity contribution in [2.45, 2.75) is 39.7 Å². The number of likely N-dealkylation sites (N-methyl/N-ethyl adjacent to an activating group) is 1. The lowest BCUT2D eigenvalue weighted by Crippen LogP contribution is -2.49. The minimum absolute atomic E-state index is 0.244. The fourth-order valence-electron chi connectivity index (χ4n) is 2.99. The Balaban J connectivity index is 1.79. The molecule has 0 aliphatic carbocycles. The van der Waals surface area contributed by atoms with Crippen LogP contribution in [0.2, 0.25) is 0 Å². The molecule has 158 valence electrons. The van der Waals surface area contributed by atoms with Gasteiger partial charge in [0.05, 0.1) is 12.3 Å². The number of carbonyl (C=O) groups excluding carboxylic acids is 1. The molecule has 1 aromatic rings. The fraction of sp³-hybridized carbons (Fsp3) is 0.667. The summed E-state index contributed by atoms with van der Waals surface area (Å²) in [6.45, 7) is 12.7. The maximum absolute atomic E-state index is 14.4. The van der Waals surface area contributed by atoms with Gasteiger partial charge in [-0.2, -0.15) is 0 Å². The molecule has 0 saturated carbocycles. The molecule has 0 unspecified atom stereocenters. The van der Waals surface area contributed by atoms with Crippen molar-refractivity contribution < 1.29 is 18.7 Å². The van der Waals surface area contributed by atoms with Crippen LogP contribution in [-0.2, 0) is 4.74 Å². The van der Waals surface area contributed by atoms with Crippen LogP contribution in [0.15, 0.2) is 18.2 Å². The normalized spacial score (nSPS) is 15.4. The number of hydrogen-bond acceptors (Lipinski definition) is 5. The van der Waals surface area contributed by atoms with Crippen LogP contribution in [0.5, 0.6) is 5.75 Å². The Bertz CT molecular complexity index is 640. The van der Waals surface area contributed by atoms with Gasteiger partial charge < -0.3 is 19.3 Å². The standard InChI is InChI=1S/C21H34FN3O3/c1-6-15-27-17-7-8-19(18(22)16-17)25-13-11-24(12-14-25)10-9-23(5)20(26)28-21(2,3)4/h7-8,16H,6,9-15H2,1-5H3. The fourth-order valence-corrected chi connectivity index (χ4v) is 2.99. The molecule has 0 radical (unpaired) electrons. The minimum Gasteiger partial charge on any atom is -0.493 e. The van der Waals surface area contributed by atoms with Gasteiger partial charge in [-0.15, -0.1) is 0 Å². The summed E-state index contributed by atoms with van der Waals surface area (Å²) >= 11 is 0. The summed E-state index contributed by atoms with van der Waals surface area (Å²) in [6.07, 6.45) is 0.590. The van der Waals surface area contributed by atoms with E-state index in [1.807, 2.05) is 33.8 Å². The zero-order valence-corrected chi connectivity index (χ0v) is 17.8. The number of ether oxygens (including phenoxy) is 2. The molecule has 1 aliphatic rings. The second-order valence-corrected chi connectivity index (χ2v) is 8.19. The molecule has 0 N–H and O–H groups in total. The van der Waals surface area contributed by atoms with Gasteiger partial charge in [0.15, 0.2) is 0 Å². The number of carbonyl (C=O) groups is 1. The Hall–Kier alpha value is -2.02. The third-order valence-electron chi connectivity index (χ3n) is 4.56. The number of anilines is 1. The molecule has 2 rings (SSSR count). The van der Waals surface area contributed by atoms with Crippen molar-refractivity contribution in [3.05, 3.63) is 24.0 Å². The van der Waals surface area contributed by atoms with Gasteiger partial charge in [0.2, 0.25) is 0 Å². The highest BCUT2D eigenvalue weighted by Crippen LogP contribution is 2.25. The van der Waals surface area contributed by atoms with Crippen LogP contribution in [0, 0.1) is 5.82 Å². The number of benzene rings is 1. The largest absolute Gasteiger partial charge is 0.493 e. The monoisotopic (exact) mass is 395 g/mol. The lowest BCUT2D eigenvalue weighted by molar-refractivity contribution is 0.0282. The maximum atomic E-state index is 14.4. The molecule has 28 heavy (non-hydrogen) atoms. The second kappa shape index (κ2) is 9.96. The van der Waals surface area contributed by atoms with E-state index < -0.39 is 5.60 Å². The van der Waals surface area contributed by atoms with Crippen LogP contribution < -0.4 is 9.64 Å². The molecular weight excluding hydrogens is 361 g/mol. The molecule has 0 atom stereocenters. The molecule has 0 aromatic heterocycles. The Labute approximate surface area is 168 Å². The topological polar surface area (TPSA) is 45.2 Å². The van der Waals surface area contributed by atoms with E-state index in [-0.39, 0.29) is 11.9 Å². The van der Waals surface area contributed by atoms with E-state index in [9.17, 15) is 9.18 Å².